The zero-order chi connectivity index (χ0) is 20.0. The Balaban J connectivity index is 1.22. The topological polar surface area (TPSA) is 75.6 Å². The van der Waals surface area contributed by atoms with Crippen molar-refractivity contribution in [3.63, 3.8) is 0 Å². The molecule has 5 rings (SSSR count). The summed E-state index contributed by atoms with van der Waals surface area (Å²) >= 11 is 0. The number of aromatic nitrogens is 2. The van der Waals surface area contributed by atoms with Crippen molar-refractivity contribution in [2.45, 2.75) is 42.2 Å². The molecule has 1 aromatic heterocycles. The number of fused-ring (bicyclic) bond motifs is 1. The highest BCUT2D eigenvalue weighted by Gasteiger charge is 2.41. The maximum absolute atomic E-state index is 13.1. The van der Waals surface area contributed by atoms with E-state index in [1.54, 1.807) is 12.4 Å². The average molecular weight is 418 g/mol. The van der Waals surface area contributed by atoms with Gasteiger partial charge in [0.2, 0.25) is 15.9 Å². The Kier molecular flexibility index (Phi) is 4.76. The van der Waals surface area contributed by atoms with Crippen LogP contribution in [-0.4, -0.2) is 65.9 Å². The van der Waals surface area contributed by atoms with Gasteiger partial charge in [-0.2, -0.15) is 4.31 Å². The van der Waals surface area contributed by atoms with E-state index < -0.39 is 15.8 Å². The first-order valence-electron chi connectivity index (χ1n) is 9.97. The van der Waals surface area contributed by atoms with Gasteiger partial charge in [0, 0.05) is 44.6 Å². The molecular weight excluding hydrogens is 395 g/mol. The van der Waals surface area contributed by atoms with E-state index in [0.717, 1.165) is 18.7 Å². The highest BCUT2D eigenvalue weighted by molar-refractivity contribution is 7.89. The van der Waals surface area contributed by atoms with Gasteiger partial charge in [0.1, 0.15) is 11.9 Å². The number of rotatable bonds is 5. The van der Waals surface area contributed by atoms with Crippen molar-refractivity contribution in [2.75, 3.05) is 26.2 Å². The Hall–Kier alpha value is -2.10. The van der Waals surface area contributed by atoms with E-state index >= 15 is 0 Å². The maximum atomic E-state index is 13.1. The predicted molar refractivity (Wildman–Crippen MR) is 104 cm³/mol. The second kappa shape index (κ2) is 7.30. The van der Waals surface area contributed by atoms with E-state index in [0.29, 0.717) is 31.4 Å². The number of piperazine rings is 1. The Labute approximate surface area is 169 Å². The van der Waals surface area contributed by atoms with Crippen LogP contribution in [0.3, 0.4) is 0 Å². The molecule has 2 aromatic rings. The van der Waals surface area contributed by atoms with E-state index in [9.17, 15) is 12.8 Å². The Morgan fingerprint density at radius 2 is 1.83 bits per heavy atom. The highest BCUT2D eigenvalue weighted by Crippen LogP contribution is 2.38. The first-order chi connectivity index (χ1) is 14.0. The van der Waals surface area contributed by atoms with Crippen molar-refractivity contribution >= 4 is 10.0 Å². The number of nitrogens with zero attached hydrogens (tertiary/aromatic N) is 4. The molecule has 1 aromatic carbocycles. The number of benzene rings is 1. The zero-order valence-electron chi connectivity index (χ0n) is 15.9. The van der Waals surface area contributed by atoms with Crippen LogP contribution in [0.2, 0.25) is 0 Å². The Morgan fingerprint density at radius 3 is 2.52 bits per heavy atom. The van der Waals surface area contributed by atoms with Gasteiger partial charge in [0.25, 0.3) is 0 Å². The second-order valence-corrected chi connectivity index (χ2v) is 9.93. The molecular formula is C20H23FN4O3S. The average Bonchev–Trinajstić information content (AvgIpc) is 3.48. The summed E-state index contributed by atoms with van der Waals surface area (Å²) in [5.74, 6) is 0.638. The van der Waals surface area contributed by atoms with Crippen LogP contribution in [0.4, 0.5) is 4.39 Å². The Morgan fingerprint density at radius 1 is 1.03 bits per heavy atom. The third-order valence-corrected chi connectivity index (χ3v) is 7.80. The van der Waals surface area contributed by atoms with Gasteiger partial charge in [0.05, 0.1) is 23.0 Å². The minimum Gasteiger partial charge on any atom is -0.472 e. The zero-order valence-corrected chi connectivity index (χ0v) is 16.8. The van der Waals surface area contributed by atoms with Crippen molar-refractivity contribution in [3.8, 4) is 5.88 Å². The monoisotopic (exact) mass is 418 g/mol. The number of hydrogen-bond donors (Lipinski definition) is 0. The van der Waals surface area contributed by atoms with E-state index in [1.807, 2.05) is 0 Å². The maximum Gasteiger partial charge on any atom is 0.243 e. The number of sulfonamides is 1. The molecule has 2 saturated heterocycles. The van der Waals surface area contributed by atoms with Gasteiger partial charge in [-0.05, 0) is 37.1 Å². The number of halogens is 1. The summed E-state index contributed by atoms with van der Waals surface area (Å²) in [6, 6.07) is 5.10. The summed E-state index contributed by atoms with van der Waals surface area (Å²) in [6.45, 7) is 2.23. The molecule has 0 radical (unpaired) electrons. The quantitative estimate of drug-likeness (QED) is 0.740. The first kappa shape index (κ1) is 18.9. The second-order valence-electron chi connectivity index (χ2n) is 8.00. The lowest BCUT2D eigenvalue weighted by Crippen LogP contribution is -2.51. The van der Waals surface area contributed by atoms with Crippen molar-refractivity contribution in [1.29, 1.82) is 0 Å². The summed E-state index contributed by atoms with van der Waals surface area (Å²) in [5, 5.41) is 0. The van der Waals surface area contributed by atoms with E-state index in [2.05, 4.69) is 14.9 Å². The van der Waals surface area contributed by atoms with Gasteiger partial charge in [-0.3, -0.25) is 9.88 Å². The van der Waals surface area contributed by atoms with Crippen LogP contribution >= 0.6 is 0 Å². The van der Waals surface area contributed by atoms with Crippen LogP contribution in [0.5, 0.6) is 5.88 Å². The third-order valence-electron chi connectivity index (χ3n) is 5.92. The smallest absolute Gasteiger partial charge is 0.243 e. The molecule has 0 N–H and O–H groups in total. The molecule has 9 heteroatoms. The summed E-state index contributed by atoms with van der Waals surface area (Å²) in [4.78, 5) is 11.2. The van der Waals surface area contributed by atoms with Crippen LogP contribution in [0.15, 0.2) is 41.6 Å². The number of ether oxygens (including phenoxy) is 1. The lowest BCUT2D eigenvalue weighted by Gasteiger charge is -2.36. The fourth-order valence-electron chi connectivity index (χ4n) is 4.17. The Bertz CT molecular complexity index is 980. The third kappa shape index (κ3) is 3.86. The normalized spacial score (nSPS) is 25.7. The fourth-order valence-corrected chi connectivity index (χ4v) is 5.64. The minimum absolute atomic E-state index is 0.0328. The summed E-state index contributed by atoms with van der Waals surface area (Å²) < 4.78 is 46.4. The van der Waals surface area contributed by atoms with Crippen molar-refractivity contribution < 1.29 is 17.5 Å². The molecule has 1 aliphatic carbocycles. The highest BCUT2D eigenvalue weighted by atomic mass is 32.2. The molecule has 3 heterocycles. The van der Waals surface area contributed by atoms with Gasteiger partial charge in [-0.25, -0.2) is 17.8 Å². The first-order valence-corrected chi connectivity index (χ1v) is 11.4. The van der Waals surface area contributed by atoms with Crippen LogP contribution < -0.4 is 4.74 Å². The van der Waals surface area contributed by atoms with Crippen LogP contribution in [-0.2, 0) is 10.0 Å². The van der Waals surface area contributed by atoms with Crippen molar-refractivity contribution in [2.24, 2.45) is 0 Å². The van der Waals surface area contributed by atoms with E-state index in [1.165, 1.54) is 41.4 Å². The predicted octanol–water partition coefficient (Wildman–Crippen LogP) is 2.02. The van der Waals surface area contributed by atoms with Gasteiger partial charge in [-0.1, -0.05) is 0 Å². The molecule has 3 fully saturated rings. The van der Waals surface area contributed by atoms with Crippen LogP contribution in [0.1, 0.15) is 30.9 Å². The molecule has 154 valence electrons. The number of hydrogen-bond acceptors (Lipinski definition) is 6. The SMILES string of the molecule is O=S(=O)(c1ccc(F)cc1)N1CCN2C[C@H](Oc3cnc(C4CC4)cn3)C[C@H]2C1. The fraction of sp³-hybridized carbons (Fsp3) is 0.500. The standard InChI is InChI=1S/C20H23FN4O3S/c21-15-3-5-18(6-4-15)29(26,27)25-8-7-24-13-17(9-16(24)12-25)28-20-11-22-19(10-23-20)14-1-2-14/h3-6,10-11,14,16-17H,1-2,7-9,12-13H2/t16-,17+/m0/s1. The molecule has 1 saturated carbocycles. The molecule has 7 nitrogen and oxygen atoms in total. The lowest BCUT2D eigenvalue weighted by atomic mass is 10.2. The molecule has 0 unspecified atom stereocenters. The molecule has 3 aliphatic rings. The molecule has 0 amide bonds. The van der Waals surface area contributed by atoms with Crippen molar-refractivity contribution in [1.82, 2.24) is 19.2 Å². The molecule has 2 atom stereocenters. The molecule has 29 heavy (non-hydrogen) atoms. The summed E-state index contributed by atoms with van der Waals surface area (Å²) in [7, 11) is -3.62. The van der Waals surface area contributed by atoms with Gasteiger partial charge in [-0.15, -0.1) is 0 Å². The minimum atomic E-state index is -3.62. The molecule has 0 spiro atoms. The summed E-state index contributed by atoms with van der Waals surface area (Å²) in [5.41, 5.74) is 1.03. The van der Waals surface area contributed by atoms with E-state index in [-0.39, 0.29) is 17.0 Å². The van der Waals surface area contributed by atoms with Gasteiger partial charge in [0.15, 0.2) is 0 Å². The van der Waals surface area contributed by atoms with Gasteiger partial charge < -0.3 is 4.74 Å². The van der Waals surface area contributed by atoms with Crippen LogP contribution in [0, 0.1) is 5.82 Å². The molecule has 2 aliphatic heterocycles. The van der Waals surface area contributed by atoms with Crippen molar-refractivity contribution in [3.05, 3.63) is 48.2 Å². The summed E-state index contributed by atoms with van der Waals surface area (Å²) in [6.07, 6.45) is 6.57. The van der Waals surface area contributed by atoms with Crippen LogP contribution in [0.25, 0.3) is 0 Å². The lowest BCUT2D eigenvalue weighted by molar-refractivity contribution is 0.151. The van der Waals surface area contributed by atoms with E-state index in [4.69, 9.17) is 4.74 Å². The molecule has 0 bridgehead atoms. The van der Waals surface area contributed by atoms with Gasteiger partial charge >= 0.3 is 0 Å². The largest absolute Gasteiger partial charge is 0.472 e.